The highest BCUT2D eigenvalue weighted by molar-refractivity contribution is 5.27. The van der Waals surface area contributed by atoms with Gasteiger partial charge in [-0.1, -0.05) is 49.1 Å². The Balaban J connectivity index is 2.27. The van der Waals surface area contributed by atoms with Crippen LogP contribution in [0.25, 0.3) is 0 Å². The molecule has 0 spiro atoms. The Labute approximate surface area is 111 Å². The monoisotopic (exact) mass is 246 g/mol. The van der Waals surface area contributed by atoms with Crippen molar-refractivity contribution >= 4 is 0 Å². The summed E-state index contributed by atoms with van der Waals surface area (Å²) < 4.78 is 0. The lowest BCUT2D eigenvalue weighted by atomic mass is 9.73. The van der Waals surface area contributed by atoms with Crippen LogP contribution in [0.2, 0.25) is 0 Å². The van der Waals surface area contributed by atoms with Crippen molar-refractivity contribution in [3.05, 3.63) is 35.4 Å². The molecule has 1 unspecified atom stereocenters. The van der Waals surface area contributed by atoms with Crippen LogP contribution < -0.4 is 5.73 Å². The van der Waals surface area contributed by atoms with Crippen LogP contribution in [0.1, 0.15) is 49.3 Å². The lowest BCUT2D eigenvalue weighted by molar-refractivity contribution is 0.0713. The fourth-order valence-electron chi connectivity index (χ4n) is 3.28. The van der Waals surface area contributed by atoms with E-state index in [-0.39, 0.29) is 11.6 Å². The van der Waals surface area contributed by atoms with Crippen molar-refractivity contribution in [2.24, 2.45) is 5.73 Å². The summed E-state index contributed by atoms with van der Waals surface area (Å²) in [4.78, 5) is 2.36. The van der Waals surface area contributed by atoms with Crippen molar-refractivity contribution in [1.82, 2.24) is 4.90 Å². The van der Waals surface area contributed by atoms with Crippen molar-refractivity contribution in [2.45, 2.75) is 50.6 Å². The van der Waals surface area contributed by atoms with Crippen LogP contribution in [0.5, 0.6) is 0 Å². The lowest BCUT2D eigenvalue weighted by Crippen LogP contribution is -2.53. The van der Waals surface area contributed by atoms with Crippen LogP contribution in [-0.2, 0) is 0 Å². The molecule has 100 valence electrons. The smallest absolute Gasteiger partial charge is 0.0481 e. The molecule has 0 saturated heterocycles. The molecule has 1 aliphatic carbocycles. The minimum absolute atomic E-state index is 0.119. The zero-order valence-electron chi connectivity index (χ0n) is 11.9. The highest BCUT2D eigenvalue weighted by atomic mass is 15.2. The number of rotatable bonds is 3. The Hall–Kier alpha value is -0.860. The number of likely N-dealkylation sites (N-methyl/N-ethyl adjacent to an activating group) is 1. The summed E-state index contributed by atoms with van der Waals surface area (Å²) in [6.45, 7) is 2.12. The standard InChI is InChI=1S/C16H26N2/c1-13-7-9-14(10-8-13)15(17)16(18(2)3)11-5-4-6-12-16/h7-10,15H,4-6,11-12,17H2,1-3H3. The molecule has 0 amide bonds. The van der Waals surface area contributed by atoms with Crippen LogP contribution in [-0.4, -0.2) is 24.5 Å². The van der Waals surface area contributed by atoms with E-state index >= 15 is 0 Å². The molecular formula is C16H26N2. The first-order chi connectivity index (χ1) is 8.56. The molecule has 1 aliphatic rings. The zero-order valence-corrected chi connectivity index (χ0v) is 11.9. The Morgan fingerprint density at radius 2 is 1.61 bits per heavy atom. The SMILES string of the molecule is Cc1ccc(C(N)C2(N(C)C)CCCCC2)cc1. The van der Waals surface area contributed by atoms with Gasteiger partial charge < -0.3 is 10.6 Å². The molecule has 2 N–H and O–H groups in total. The second kappa shape index (κ2) is 5.41. The molecule has 1 saturated carbocycles. The van der Waals surface area contributed by atoms with Gasteiger partial charge in [0.25, 0.3) is 0 Å². The summed E-state index contributed by atoms with van der Waals surface area (Å²) in [6.07, 6.45) is 6.40. The molecule has 1 atom stereocenters. The first-order valence-electron chi connectivity index (χ1n) is 7.06. The number of benzene rings is 1. The molecule has 0 radical (unpaired) electrons. The van der Waals surface area contributed by atoms with E-state index in [2.05, 4.69) is 50.2 Å². The molecule has 1 aromatic carbocycles. The van der Waals surface area contributed by atoms with Gasteiger partial charge in [0.05, 0.1) is 0 Å². The molecule has 18 heavy (non-hydrogen) atoms. The molecule has 2 heteroatoms. The molecule has 0 heterocycles. The third kappa shape index (κ3) is 2.45. The van der Waals surface area contributed by atoms with Gasteiger partial charge in [0, 0.05) is 11.6 Å². The molecule has 1 aromatic rings. The molecule has 0 aromatic heterocycles. The average Bonchev–Trinajstić information content (AvgIpc) is 2.39. The Morgan fingerprint density at radius 1 is 1.06 bits per heavy atom. The van der Waals surface area contributed by atoms with E-state index < -0.39 is 0 Å². The van der Waals surface area contributed by atoms with Crippen LogP contribution in [0, 0.1) is 6.92 Å². The van der Waals surface area contributed by atoms with Crippen molar-refractivity contribution < 1.29 is 0 Å². The quantitative estimate of drug-likeness (QED) is 0.887. The average molecular weight is 246 g/mol. The fourth-order valence-corrected chi connectivity index (χ4v) is 3.28. The Bertz CT molecular complexity index is 375. The van der Waals surface area contributed by atoms with E-state index in [0.717, 1.165) is 0 Å². The molecule has 2 nitrogen and oxygen atoms in total. The molecule has 2 rings (SSSR count). The molecule has 1 fully saturated rings. The van der Waals surface area contributed by atoms with Crippen LogP contribution in [0.4, 0.5) is 0 Å². The van der Waals surface area contributed by atoms with E-state index in [0.29, 0.717) is 0 Å². The minimum Gasteiger partial charge on any atom is -0.322 e. The third-order valence-corrected chi connectivity index (χ3v) is 4.63. The van der Waals surface area contributed by atoms with Gasteiger partial charge >= 0.3 is 0 Å². The summed E-state index contributed by atoms with van der Waals surface area (Å²) in [7, 11) is 4.36. The van der Waals surface area contributed by atoms with Crippen LogP contribution in [0.3, 0.4) is 0 Å². The predicted molar refractivity (Wildman–Crippen MR) is 77.6 cm³/mol. The summed E-state index contributed by atoms with van der Waals surface area (Å²) in [5.74, 6) is 0. The van der Waals surface area contributed by atoms with Crippen LogP contribution in [0.15, 0.2) is 24.3 Å². The van der Waals surface area contributed by atoms with Gasteiger partial charge in [-0.3, -0.25) is 0 Å². The topological polar surface area (TPSA) is 29.3 Å². The van der Waals surface area contributed by atoms with Crippen molar-refractivity contribution in [3.63, 3.8) is 0 Å². The minimum atomic E-state index is 0.119. The van der Waals surface area contributed by atoms with Gasteiger partial charge in [0.2, 0.25) is 0 Å². The zero-order chi connectivity index (χ0) is 13.2. The molecule has 0 bridgehead atoms. The van der Waals surface area contributed by atoms with Crippen LogP contribution >= 0.6 is 0 Å². The van der Waals surface area contributed by atoms with Gasteiger partial charge in [-0.2, -0.15) is 0 Å². The van der Waals surface area contributed by atoms with E-state index in [9.17, 15) is 0 Å². The second-order valence-electron chi connectivity index (χ2n) is 5.95. The normalized spacial score (nSPS) is 20.9. The number of hydrogen-bond donors (Lipinski definition) is 1. The fraction of sp³-hybridized carbons (Fsp3) is 0.625. The second-order valence-corrected chi connectivity index (χ2v) is 5.95. The lowest BCUT2D eigenvalue weighted by Gasteiger charge is -2.47. The van der Waals surface area contributed by atoms with Gasteiger partial charge in [0.15, 0.2) is 0 Å². The van der Waals surface area contributed by atoms with Gasteiger partial charge in [0.1, 0.15) is 0 Å². The van der Waals surface area contributed by atoms with E-state index in [1.165, 1.54) is 43.2 Å². The van der Waals surface area contributed by atoms with E-state index in [1.54, 1.807) is 0 Å². The van der Waals surface area contributed by atoms with Crippen molar-refractivity contribution in [3.8, 4) is 0 Å². The highest BCUT2D eigenvalue weighted by Crippen LogP contribution is 2.40. The summed E-state index contributed by atoms with van der Waals surface area (Å²) in [6, 6.07) is 8.84. The van der Waals surface area contributed by atoms with Gasteiger partial charge in [-0.25, -0.2) is 0 Å². The van der Waals surface area contributed by atoms with Crippen molar-refractivity contribution in [1.29, 1.82) is 0 Å². The summed E-state index contributed by atoms with van der Waals surface area (Å²) in [5, 5.41) is 0. The largest absolute Gasteiger partial charge is 0.322 e. The number of aryl methyl sites for hydroxylation is 1. The van der Waals surface area contributed by atoms with E-state index in [1.807, 2.05) is 0 Å². The third-order valence-electron chi connectivity index (χ3n) is 4.63. The number of nitrogens with zero attached hydrogens (tertiary/aromatic N) is 1. The molecular weight excluding hydrogens is 220 g/mol. The number of nitrogens with two attached hydrogens (primary N) is 1. The summed E-state index contributed by atoms with van der Waals surface area (Å²) in [5.41, 5.74) is 9.33. The Kier molecular flexibility index (Phi) is 4.08. The maximum atomic E-state index is 6.61. The van der Waals surface area contributed by atoms with Gasteiger partial charge in [-0.05, 0) is 39.4 Å². The van der Waals surface area contributed by atoms with Gasteiger partial charge in [-0.15, -0.1) is 0 Å². The number of hydrogen-bond acceptors (Lipinski definition) is 2. The first-order valence-corrected chi connectivity index (χ1v) is 7.06. The first kappa shape index (κ1) is 13.6. The van der Waals surface area contributed by atoms with E-state index in [4.69, 9.17) is 5.73 Å². The predicted octanol–water partition coefficient (Wildman–Crippen LogP) is 3.26. The maximum absolute atomic E-state index is 6.61. The highest BCUT2D eigenvalue weighted by Gasteiger charge is 2.40. The molecule has 0 aliphatic heterocycles. The maximum Gasteiger partial charge on any atom is 0.0481 e. The summed E-state index contributed by atoms with van der Waals surface area (Å²) >= 11 is 0. The van der Waals surface area contributed by atoms with Crippen molar-refractivity contribution in [2.75, 3.05) is 14.1 Å². The Morgan fingerprint density at radius 3 is 2.11 bits per heavy atom.